The van der Waals surface area contributed by atoms with Crippen LogP contribution in [0.2, 0.25) is 5.02 Å². The molecule has 0 heterocycles. The van der Waals surface area contributed by atoms with Gasteiger partial charge in [0.05, 0.1) is 15.5 Å². The molecule has 12 heteroatoms. The van der Waals surface area contributed by atoms with E-state index in [2.05, 4.69) is 10.0 Å². The molecule has 2 N–H and O–H groups in total. The highest BCUT2D eigenvalue weighted by Crippen LogP contribution is 2.25. The van der Waals surface area contributed by atoms with E-state index in [4.69, 9.17) is 11.6 Å². The van der Waals surface area contributed by atoms with Gasteiger partial charge in [0.25, 0.3) is 20.0 Å². The second-order valence-corrected chi connectivity index (χ2v) is 12.5. The fourth-order valence-electron chi connectivity index (χ4n) is 3.54. The van der Waals surface area contributed by atoms with Gasteiger partial charge in [-0.2, -0.15) is 0 Å². The zero-order valence-corrected chi connectivity index (χ0v) is 22.9. The number of rotatable bonds is 9. The molecule has 0 saturated carbocycles. The first-order valence-corrected chi connectivity index (χ1v) is 14.8. The van der Waals surface area contributed by atoms with Crippen molar-refractivity contribution in [1.82, 2.24) is 0 Å². The lowest BCUT2D eigenvalue weighted by Crippen LogP contribution is -2.38. The van der Waals surface area contributed by atoms with E-state index < -0.39 is 38.3 Å². The number of aryl methyl sites for hydroxylation is 1. The van der Waals surface area contributed by atoms with Crippen molar-refractivity contribution in [3.63, 3.8) is 0 Å². The van der Waals surface area contributed by atoms with Crippen molar-refractivity contribution >= 4 is 54.6 Å². The summed E-state index contributed by atoms with van der Waals surface area (Å²) in [5, 5.41) is 3.05. The van der Waals surface area contributed by atoms with E-state index in [-0.39, 0.29) is 21.2 Å². The molecule has 0 bridgehead atoms. The van der Waals surface area contributed by atoms with Crippen molar-refractivity contribution in [2.24, 2.45) is 0 Å². The van der Waals surface area contributed by atoms with Crippen molar-refractivity contribution in [3.05, 3.63) is 113 Å². The summed E-state index contributed by atoms with van der Waals surface area (Å²) in [5.41, 5.74) is 1.72. The van der Waals surface area contributed by atoms with Crippen molar-refractivity contribution in [2.45, 2.75) is 16.7 Å². The summed E-state index contributed by atoms with van der Waals surface area (Å²) in [4.78, 5) is 12.7. The quantitative estimate of drug-likeness (QED) is 0.271. The third-order valence-electron chi connectivity index (χ3n) is 5.56. The zero-order chi connectivity index (χ0) is 28.2. The summed E-state index contributed by atoms with van der Waals surface area (Å²) in [6, 6.07) is 22.4. The number of sulfonamides is 2. The van der Waals surface area contributed by atoms with Crippen LogP contribution in [0.15, 0.2) is 107 Å². The number of amides is 1. The first-order valence-electron chi connectivity index (χ1n) is 11.5. The molecule has 39 heavy (non-hydrogen) atoms. The maximum atomic E-state index is 13.4. The predicted molar refractivity (Wildman–Crippen MR) is 149 cm³/mol. The van der Waals surface area contributed by atoms with Crippen LogP contribution in [0, 0.1) is 12.7 Å². The lowest BCUT2D eigenvalue weighted by atomic mass is 10.2. The molecular formula is C27H23ClFN3O5S2. The average Bonchev–Trinajstić information content (AvgIpc) is 2.90. The molecule has 0 aliphatic rings. The Hall–Kier alpha value is -3.93. The fourth-order valence-corrected chi connectivity index (χ4v) is 6.15. The largest absolute Gasteiger partial charge is 0.325 e. The minimum Gasteiger partial charge on any atom is -0.325 e. The van der Waals surface area contributed by atoms with Crippen LogP contribution in [0.1, 0.15) is 5.56 Å². The number of benzene rings is 4. The summed E-state index contributed by atoms with van der Waals surface area (Å²) in [6.07, 6.45) is 0. The normalized spacial score (nSPS) is 11.6. The maximum Gasteiger partial charge on any atom is 0.264 e. The molecule has 0 radical (unpaired) electrons. The van der Waals surface area contributed by atoms with Gasteiger partial charge in [0, 0.05) is 16.4 Å². The van der Waals surface area contributed by atoms with Gasteiger partial charge in [-0.15, -0.1) is 0 Å². The van der Waals surface area contributed by atoms with Crippen molar-refractivity contribution in [2.75, 3.05) is 20.9 Å². The zero-order valence-electron chi connectivity index (χ0n) is 20.5. The smallest absolute Gasteiger partial charge is 0.264 e. The molecule has 0 aliphatic carbocycles. The molecule has 0 spiro atoms. The first kappa shape index (κ1) is 28.1. The number of nitrogens with one attached hydrogen (secondary N) is 2. The molecule has 4 rings (SSSR count). The number of hydrogen-bond acceptors (Lipinski definition) is 5. The van der Waals surface area contributed by atoms with Crippen molar-refractivity contribution < 1.29 is 26.0 Å². The van der Waals surface area contributed by atoms with Gasteiger partial charge in [0.15, 0.2) is 0 Å². The second-order valence-electron chi connectivity index (χ2n) is 8.49. The van der Waals surface area contributed by atoms with Gasteiger partial charge >= 0.3 is 0 Å². The summed E-state index contributed by atoms with van der Waals surface area (Å²) < 4.78 is 68.9. The van der Waals surface area contributed by atoms with Crippen LogP contribution in [0.4, 0.5) is 21.5 Å². The molecule has 1 amide bonds. The van der Waals surface area contributed by atoms with Gasteiger partial charge in [0.2, 0.25) is 5.91 Å². The monoisotopic (exact) mass is 587 g/mol. The Kier molecular flexibility index (Phi) is 8.24. The lowest BCUT2D eigenvalue weighted by Gasteiger charge is -2.24. The van der Waals surface area contributed by atoms with Crippen molar-refractivity contribution in [1.29, 1.82) is 0 Å². The van der Waals surface area contributed by atoms with Crippen LogP contribution in [0.3, 0.4) is 0 Å². The van der Waals surface area contributed by atoms with E-state index in [0.717, 1.165) is 34.1 Å². The number of carbonyl (C=O) groups is 1. The highest BCUT2D eigenvalue weighted by Gasteiger charge is 2.27. The Bertz CT molecular complexity index is 1680. The standard InChI is InChI=1S/C27H23ClFN3O5S2/c1-19-2-12-24(13-3-19)32(39(36,37)26-14-6-21(29)7-15-26)18-27(33)30-22-10-16-25(17-11-22)38(34,35)31-23-8-4-20(28)5-9-23/h2-17,31H,18H2,1H3,(H,30,33). The Morgan fingerprint density at radius 1 is 0.769 bits per heavy atom. The van der Waals surface area contributed by atoms with Crippen LogP contribution in [0.5, 0.6) is 0 Å². The molecule has 0 unspecified atom stereocenters. The number of hydrogen-bond donors (Lipinski definition) is 2. The van der Waals surface area contributed by atoms with Crippen LogP contribution >= 0.6 is 11.6 Å². The SMILES string of the molecule is Cc1ccc(N(CC(=O)Nc2ccc(S(=O)(=O)Nc3ccc(Cl)cc3)cc2)S(=O)(=O)c2ccc(F)cc2)cc1. The van der Waals surface area contributed by atoms with E-state index in [1.807, 2.05) is 6.92 Å². The van der Waals surface area contributed by atoms with Crippen molar-refractivity contribution in [3.8, 4) is 0 Å². The second kappa shape index (κ2) is 11.4. The van der Waals surface area contributed by atoms with E-state index >= 15 is 0 Å². The molecule has 4 aromatic rings. The summed E-state index contributed by atoms with van der Waals surface area (Å²) in [5.74, 6) is -1.27. The van der Waals surface area contributed by atoms with Crippen LogP contribution in [-0.4, -0.2) is 29.3 Å². The number of halogens is 2. The predicted octanol–water partition coefficient (Wildman–Crippen LogP) is 5.42. The van der Waals surface area contributed by atoms with E-state index in [1.54, 1.807) is 36.4 Å². The molecule has 0 saturated heterocycles. The van der Waals surface area contributed by atoms with Crippen LogP contribution in [-0.2, 0) is 24.8 Å². The molecule has 0 aliphatic heterocycles. The minimum absolute atomic E-state index is 0.0457. The molecule has 0 atom stereocenters. The van der Waals surface area contributed by atoms with E-state index in [9.17, 15) is 26.0 Å². The average molecular weight is 588 g/mol. The number of nitrogens with zero attached hydrogens (tertiary/aromatic N) is 1. The maximum absolute atomic E-state index is 13.4. The first-order chi connectivity index (χ1) is 18.4. The van der Waals surface area contributed by atoms with Gasteiger partial charge in [-0.05, 0) is 91.9 Å². The molecule has 0 aromatic heterocycles. The molecule has 202 valence electrons. The topological polar surface area (TPSA) is 113 Å². The minimum atomic E-state index is -4.22. The number of anilines is 3. The highest BCUT2D eigenvalue weighted by atomic mass is 35.5. The molecular weight excluding hydrogens is 565 g/mol. The van der Waals surface area contributed by atoms with Gasteiger partial charge in [-0.3, -0.25) is 13.8 Å². The van der Waals surface area contributed by atoms with Gasteiger partial charge in [0.1, 0.15) is 12.4 Å². The molecule has 8 nitrogen and oxygen atoms in total. The van der Waals surface area contributed by atoms with Gasteiger partial charge in [-0.1, -0.05) is 29.3 Å². The summed E-state index contributed by atoms with van der Waals surface area (Å²) in [7, 11) is -8.12. The van der Waals surface area contributed by atoms with E-state index in [0.29, 0.717) is 10.7 Å². The number of carbonyl (C=O) groups excluding carboxylic acids is 1. The Morgan fingerprint density at radius 2 is 1.31 bits per heavy atom. The van der Waals surface area contributed by atoms with E-state index in [1.165, 1.54) is 36.4 Å². The third kappa shape index (κ3) is 6.94. The summed E-state index contributed by atoms with van der Waals surface area (Å²) in [6.45, 7) is 1.26. The van der Waals surface area contributed by atoms with Crippen LogP contribution in [0.25, 0.3) is 0 Å². The summed E-state index contributed by atoms with van der Waals surface area (Å²) >= 11 is 5.83. The third-order valence-corrected chi connectivity index (χ3v) is 8.99. The van der Waals surface area contributed by atoms with Gasteiger partial charge < -0.3 is 5.32 Å². The Labute approximate surface area is 231 Å². The van der Waals surface area contributed by atoms with Gasteiger partial charge in [-0.25, -0.2) is 21.2 Å². The molecule has 4 aromatic carbocycles. The fraction of sp³-hybridized carbons (Fsp3) is 0.0741. The lowest BCUT2D eigenvalue weighted by molar-refractivity contribution is -0.114. The highest BCUT2D eigenvalue weighted by molar-refractivity contribution is 7.93. The Morgan fingerprint density at radius 3 is 1.90 bits per heavy atom. The van der Waals surface area contributed by atoms with Crippen LogP contribution < -0.4 is 14.3 Å². The Balaban J connectivity index is 1.52. The molecule has 0 fully saturated rings.